The van der Waals surface area contributed by atoms with E-state index in [-0.39, 0.29) is 18.6 Å². The van der Waals surface area contributed by atoms with Crippen molar-refractivity contribution < 1.29 is 14.3 Å². The highest BCUT2D eigenvalue weighted by Gasteiger charge is 2.13. The highest BCUT2D eigenvalue weighted by molar-refractivity contribution is 6.32. The van der Waals surface area contributed by atoms with E-state index in [1.165, 1.54) is 13.3 Å². The maximum absolute atomic E-state index is 11.9. The number of methoxy groups -OCH3 is 1. The number of hydrogen-bond acceptors (Lipinski definition) is 5. The minimum absolute atomic E-state index is 0.0313. The monoisotopic (exact) mass is 389 g/mol. The van der Waals surface area contributed by atoms with Crippen molar-refractivity contribution in [1.82, 2.24) is 5.43 Å². The van der Waals surface area contributed by atoms with Crippen LogP contribution in [0.15, 0.2) is 41.5 Å². The average molecular weight is 390 g/mol. The third kappa shape index (κ3) is 6.49. The molecule has 27 heavy (non-hydrogen) atoms. The number of rotatable bonds is 8. The van der Waals surface area contributed by atoms with Crippen LogP contribution in [-0.4, -0.2) is 31.9 Å². The van der Waals surface area contributed by atoms with E-state index in [9.17, 15) is 4.79 Å². The second-order valence-corrected chi connectivity index (χ2v) is 6.62. The molecule has 0 aromatic heterocycles. The van der Waals surface area contributed by atoms with Gasteiger partial charge < -0.3 is 14.8 Å². The topological polar surface area (TPSA) is 72.0 Å². The van der Waals surface area contributed by atoms with Gasteiger partial charge in [-0.3, -0.25) is 4.79 Å². The molecule has 6 nitrogen and oxygen atoms in total. The Balaban J connectivity index is 1.93. The van der Waals surface area contributed by atoms with Crippen molar-refractivity contribution in [2.75, 3.05) is 19.0 Å². The van der Waals surface area contributed by atoms with E-state index in [2.05, 4.69) is 15.8 Å². The van der Waals surface area contributed by atoms with Gasteiger partial charge in [0, 0.05) is 5.69 Å². The Bertz CT molecular complexity index is 805. The van der Waals surface area contributed by atoms with Gasteiger partial charge >= 0.3 is 0 Å². The van der Waals surface area contributed by atoms with Crippen molar-refractivity contribution in [2.24, 2.45) is 5.10 Å². The second kappa shape index (κ2) is 9.83. The van der Waals surface area contributed by atoms with E-state index in [4.69, 9.17) is 21.1 Å². The summed E-state index contributed by atoms with van der Waals surface area (Å²) in [5.41, 5.74) is 5.18. The first-order valence-electron chi connectivity index (χ1n) is 8.55. The fourth-order valence-electron chi connectivity index (χ4n) is 2.24. The van der Waals surface area contributed by atoms with Crippen LogP contribution in [0.25, 0.3) is 0 Å². The highest BCUT2D eigenvalue weighted by atomic mass is 35.5. The van der Waals surface area contributed by atoms with E-state index in [0.29, 0.717) is 22.1 Å². The molecule has 0 unspecified atom stereocenters. The van der Waals surface area contributed by atoms with Crippen molar-refractivity contribution in [2.45, 2.75) is 26.9 Å². The number of nitrogens with zero attached hydrogens (tertiary/aromatic N) is 1. The molecule has 7 heteroatoms. The standard InChI is InChI=1S/C20H24ClN3O3/c1-13(2)27-20-17(21)9-15(10-18(20)26-4)11-23-24-19(25)12-22-16-7-5-14(3)6-8-16/h5-11,13,22H,12H2,1-4H3,(H,24,25)/b23-11-. The summed E-state index contributed by atoms with van der Waals surface area (Å²) in [6, 6.07) is 11.2. The minimum Gasteiger partial charge on any atom is -0.493 e. The van der Waals surface area contributed by atoms with Gasteiger partial charge in [-0.2, -0.15) is 5.10 Å². The van der Waals surface area contributed by atoms with Crippen molar-refractivity contribution >= 4 is 29.4 Å². The molecule has 0 aliphatic heterocycles. The summed E-state index contributed by atoms with van der Waals surface area (Å²) in [4.78, 5) is 11.9. The van der Waals surface area contributed by atoms with Gasteiger partial charge in [0.2, 0.25) is 0 Å². The number of anilines is 1. The van der Waals surface area contributed by atoms with Crippen LogP contribution < -0.4 is 20.2 Å². The number of nitrogens with one attached hydrogen (secondary N) is 2. The average Bonchev–Trinajstić information content (AvgIpc) is 2.63. The summed E-state index contributed by atoms with van der Waals surface area (Å²) in [7, 11) is 1.54. The molecule has 0 spiro atoms. The van der Waals surface area contributed by atoms with Crippen LogP contribution in [0.5, 0.6) is 11.5 Å². The van der Waals surface area contributed by atoms with Crippen molar-refractivity contribution in [1.29, 1.82) is 0 Å². The maximum atomic E-state index is 11.9. The smallest absolute Gasteiger partial charge is 0.259 e. The summed E-state index contributed by atoms with van der Waals surface area (Å²) < 4.78 is 11.0. The van der Waals surface area contributed by atoms with E-state index in [0.717, 1.165) is 11.3 Å². The Morgan fingerprint density at radius 3 is 2.59 bits per heavy atom. The van der Waals surface area contributed by atoms with Crippen LogP contribution in [0.3, 0.4) is 0 Å². The highest BCUT2D eigenvalue weighted by Crippen LogP contribution is 2.36. The van der Waals surface area contributed by atoms with Crippen LogP contribution in [-0.2, 0) is 4.79 Å². The van der Waals surface area contributed by atoms with Crippen molar-refractivity contribution in [3.8, 4) is 11.5 Å². The van der Waals surface area contributed by atoms with Crippen LogP contribution in [0.2, 0.25) is 5.02 Å². The number of carbonyl (C=O) groups is 1. The number of halogens is 1. The maximum Gasteiger partial charge on any atom is 0.259 e. The Morgan fingerprint density at radius 1 is 1.26 bits per heavy atom. The first kappa shape index (κ1) is 20.6. The molecule has 2 rings (SSSR count). The largest absolute Gasteiger partial charge is 0.493 e. The predicted molar refractivity (Wildman–Crippen MR) is 109 cm³/mol. The fraction of sp³-hybridized carbons (Fsp3) is 0.300. The minimum atomic E-state index is -0.260. The summed E-state index contributed by atoms with van der Waals surface area (Å²) in [5, 5.41) is 7.40. The van der Waals surface area contributed by atoms with Crippen LogP contribution in [0.1, 0.15) is 25.0 Å². The third-order valence-corrected chi connectivity index (χ3v) is 3.79. The number of hydrogen-bond donors (Lipinski definition) is 2. The van der Waals surface area contributed by atoms with Gasteiger partial charge in [-0.05, 0) is 50.6 Å². The van der Waals surface area contributed by atoms with Crippen LogP contribution >= 0.6 is 11.6 Å². The SMILES string of the molecule is COc1cc(/C=N\NC(=O)CNc2ccc(C)cc2)cc(Cl)c1OC(C)C. The molecule has 0 aliphatic carbocycles. The number of ether oxygens (including phenoxy) is 2. The predicted octanol–water partition coefficient (Wildman–Crippen LogP) is 4.01. The zero-order valence-electron chi connectivity index (χ0n) is 15.9. The zero-order chi connectivity index (χ0) is 19.8. The van der Waals surface area contributed by atoms with Crippen molar-refractivity contribution in [3.63, 3.8) is 0 Å². The lowest BCUT2D eigenvalue weighted by Crippen LogP contribution is -2.25. The molecule has 0 atom stereocenters. The molecule has 0 aliphatic rings. The first-order valence-corrected chi connectivity index (χ1v) is 8.93. The van der Waals surface area contributed by atoms with Gasteiger partial charge in [0.25, 0.3) is 5.91 Å². The number of hydrazone groups is 1. The Morgan fingerprint density at radius 2 is 1.96 bits per heavy atom. The molecule has 0 saturated carbocycles. The Hall–Kier alpha value is -2.73. The molecule has 2 N–H and O–H groups in total. The third-order valence-electron chi connectivity index (χ3n) is 3.51. The summed E-state index contributed by atoms with van der Waals surface area (Å²) in [6.07, 6.45) is 1.47. The lowest BCUT2D eigenvalue weighted by Gasteiger charge is -2.15. The van der Waals surface area contributed by atoms with E-state index < -0.39 is 0 Å². The molecular formula is C20H24ClN3O3. The lowest BCUT2D eigenvalue weighted by atomic mass is 10.2. The van der Waals surface area contributed by atoms with Gasteiger partial charge in [-0.1, -0.05) is 29.3 Å². The number of carbonyl (C=O) groups excluding carboxylic acids is 1. The quantitative estimate of drug-likeness (QED) is 0.528. The number of aryl methyl sites for hydroxylation is 1. The van der Waals surface area contributed by atoms with Crippen LogP contribution in [0.4, 0.5) is 5.69 Å². The number of benzene rings is 2. The fourth-order valence-corrected chi connectivity index (χ4v) is 2.50. The number of amides is 1. The van der Waals surface area contributed by atoms with Gasteiger partial charge in [0.1, 0.15) is 0 Å². The second-order valence-electron chi connectivity index (χ2n) is 6.21. The molecule has 1 amide bonds. The molecule has 0 fully saturated rings. The molecule has 0 bridgehead atoms. The van der Waals surface area contributed by atoms with E-state index in [1.54, 1.807) is 12.1 Å². The van der Waals surface area contributed by atoms with Crippen LogP contribution in [0, 0.1) is 6.92 Å². The van der Waals surface area contributed by atoms with Gasteiger partial charge in [-0.25, -0.2) is 5.43 Å². The van der Waals surface area contributed by atoms with Gasteiger partial charge in [-0.15, -0.1) is 0 Å². The van der Waals surface area contributed by atoms with Gasteiger partial charge in [0.05, 0.1) is 31.0 Å². The molecule has 0 radical (unpaired) electrons. The Kier molecular flexibility index (Phi) is 7.49. The first-order chi connectivity index (χ1) is 12.9. The van der Waals surface area contributed by atoms with E-state index >= 15 is 0 Å². The molecule has 0 heterocycles. The summed E-state index contributed by atoms with van der Waals surface area (Å²) in [6.45, 7) is 5.94. The summed E-state index contributed by atoms with van der Waals surface area (Å²) >= 11 is 6.26. The molecule has 2 aromatic carbocycles. The Labute approximate surface area is 164 Å². The molecule has 2 aromatic rings. The van der Waals surface area contributed by atoms with Crippen molar-refractivity contribution in [3.05, 3.63) is 52.5 Å². The molecule has 144 valence electrons. The molecular weight excluding hydrogens is 366 g/mol. The normalized spacial score (nSPS) is 10.9. The van der Waals surface area contributed by atoms with Gasteiger partial charge in [0.15, 0.2) is 11.5 Å². The zero-order valence-corrected chi connectivity index (χ0v) is 16.6. The van der Waals surface area contributed by atoms with E-state index in [1.807, 2.05) is 45.0 Å². The molecule has 0 saturated heterocycles. The summed E-state index contributed by atoms with van der Waals surface area (Å²) in [5.74, 6) is 0.729. The lowest BCUT2D eigenvalue weighted by molar-refractivity contribution is -0.119.